The van der Waals surface area contributed by atoms with Gasteiger partial charge in [-0.05, 0) is 31.9 Å². The van der Waals surface area contributed by atoms with Gasteiger partial charge in [-0.2, -0.15) is 0 Å². The number of aryl methyl sites for hydroxylation is 2. The molecule has 1 aliphatic rings. The minimum absolute atomic E-state index is 0.205. The Hall–Kier alpha value is -3.59. The molecule has 168 valence electrons. The summed E-state index contributed by atoms with van der Waals surface area (Å²) in [5, 5.41) is 11.8. The monoisotopic (exact) mass is 459 g/mol. The van der Waals surface area contributed by atoms with E-state index in [0.29, 0.717) is 16.6 Å². The fourth-order valence-electron chi connectivity index (χ4n) is 4.22. The largest absolute Gasteiger partial charge is 0.357 e. The first-order valence-electron chi connectivity index (χ1n) is 11.0. The van der Waals surface area contributed by atoms with Gasteiger partial charge in [-0.1, -0.05) is 30.3 Å². The SMILES string of the molecule is Cc1sc(NC(=O)c2ccc(N3CCC(c4nncn4C)CC3)nc2)nc1-c1ccccc1. The minimum atomic E-state index is -0.205. The van der Waals surface area contributed by atoms with Crippen molar-refractivity contribution < 1.29 is 4.79 Å². The van der Waals surface area contributed by atoms with Crippen LogP contribution in [0, 0.1) is 6.92 Å². The number of hydrogen-bond donors (Lipinski definition) is 1. The summed E-state index contributed by atoms with van der Waals surface area (Å²) < 4.78 is 2.00. The van der Waals surface area contributed by atoms with E-state index in [-0.39, 0.29) is 5.91 Å². The molecule has 8 nitrogen and oxygen atoms in total. The molecule has 0 radical (unpaired) electrons. The van der Waals surface area contributed by atoms with E-state index in [0.717, 1.165) is 53.7 Å². The number of carbonyl (C=O) groups is 1. The van der Waals surface area contributed by atoms with Crippen LogP contribution in [0.25, 0.3) is 11.3 Å². The van der Waals surface area contributed by atoms with Crippen LogP contribution < -0.4 is 10.2 Å². The van der Waals surface area contributed by atoms with Crippen molar-refractivity contribution in [2.75, 3.05) is 23.3 Å². The third kappa shape index (κ3) is 4.49. The summed E-state index contributed by atoms with van der Waals surface area (Å²) in [5.41, 5.74) is 2.46. The molecule has 1 aromatic carbocycles. The van der Waals surface area contributed by atoms with Gasteiger partial charge in [-0.25, -0.2) is 9.97 Å². The number of anilines is 2. The standard InChI is InChI=1S/C24H25N7OS/c1-16-21(17-6-4-3-5-7-17)27-24(33-16)28-23(32)19-8-9-20(25-14-19)31-12-10-18(11-13-31)22-29-26-15-30(22)2/h3-9,14-15,18H,10-13H2,1-2H3,(H,27,28,32). The molecule has 0 unspecified atom stereocenters. The van der Waals surface area contributed by atoms with Crippen LogP contribution in [0.3, 0.4) is 0 Å². The zero-order chi connectivity index (χ0) is 22.8. The first-order valence-corrected chi connectivity index (χ1v) is 11.8. The molecule has 1 amide bonds. The van der Waals surface area contributed by atoms with Crippen molar-refractivity contribution >= 4 is 28.2 Å². The summed E-state index contributed by atoms with van der Waals surface area (Å²) in [7, 11) is 1.99. The molecule has 33 heavy (non-hydrogen) atoms. The van der Waals surface area contributed by atoms with Gasteiger partial charge < -0.3 is 9.47 Å². The van der Waals surface area contributed by atoms with Crippen molar-refractivity contribution in [3.8, 4) is 11.3 Å². The Kier molecular flexibility index (Phi) is 5.87. The molecule has 0 spiro atoms. The highest BCUT2D eigenvalue weighted by atomic mass is 32.1. The van der Waals surface area contributed by atoms with E-state index in [1.165, 1.54) is 11.3 Å². The van der Waals surface area contributed by atoms with Crippen LogP contribution in [0.4, 0.5) is 10.9 Å². The van der Waals surface area contributed by atoms with Crippen molar-refractivity contribution in [2.45, 2.75) is 25.7 Å². The van der Waals surface area contributed by atoms with E-state index in [1.807, 2.05) is 61.0 Å². The van der Waals surface area contributed by atoms with Crippen molar-refractivity contribution in [1.29, 1.82) is 0 Å². The molecule has 1 saturated heterocycles. The van der Waals surface area contributed by atoms with Crippen LogP contribution >= 0.6 is 11.3 Å². The normalized spacial score (nSPS) is 14.4. The van der Waals surface area contributed by atoms with Gasteiger partial charge in [-0.15, -0.1) is 21.5 Å². The Bertz CT molecular complexity index is 1240. The van der Waals surface area contributed by atoms with E-state index >= 15 is 0 Å². The molecule has 4 heterocycles. The lowest BCUT2D eigenvalue weighted by molar-refractivity contribution is 0.102. The maximum absolute atomic E-state index is 12.8. The number of rotatable bonds is 5. The fraction of sp³-hybridized carbons (Fsp3) is 0.292. The first kappa shape index (κ1) is 21.3. The number of thiazole rings is 1. The van der Waals surface area contributed by atoms with E-state index in [2.05, 4.69) is 30.4 Å². The molecule has 4 aromatic rings. The number of piperidine rings is 1. The van der Waals surface area contributed by atoms with Gasteiger partial charge in [-0.3, -0.25) is 10.1 Å². The molecular weight excluding hydrogens is 434 g/mol. The molecule has 1 aliphatic heterocycles. The smallest absolute Gasteiger partial charge is 0.259 e. The lowest BCUT2D eigenvalue weighted by Gasteiger charge is -2.32. The van der Waals surface area contributed by atoms with E-state index in [1.54, 1.807) is 12.5 Å². The third-order valence-corrected chi connectivity index (χ3v) is 6.89. The highest BCUT2D eigenvalue weighted by Gasteiger charge is 2.24. The third-order valence-electron chi connectivity index (χ3n) is 6.00. The average Bonchev–Trinajstić information content (AvgIpc) is 3.44. The van der Waals surface area contributed by atoms with Crippen LogP contribution in [-0.4, -0.2) is 43.7 Å². The summed E-state index contributed by atoms with van der Waals surface area (Å²) in [6.45, 7) is 3.81. The molecule has 0 aliphatic carbocycles. The Morgan fingerprint density at radius 3 is 2.58 bits per heavy atom. The van der Waals surface area contributed by atoms with Gasteiger partial charge in [0.2, 0.25) is 0 Å². The molecule has 3 aromatic heterocycles. The summed E-state index contributed by atoms with van der Waals surface area (Å²) in [6.07, 6.45) is 5.40. The second-order valence-corrected chi connectivity index (χ2v) is 9.41. The Morgan fingerprint density at radius 2 is 1.91 bits per heavy atom. The molecule has 1 N–H and O–H groups in total. The number of nitrogens with one attached hydrogen (secondary N) is 1. The Morgan fingerprint density at radius 1 is 1.12 bits per heavy atom. The van der Waals surface area contributed by atoms with Crippen LogP contribution in [-0.2, 0) is 7.05 Å². The average molecular weight is 460 g/mol. The Labute approximate surface area is 196 Å². The molecule has 0 bridgehead atoms. The molecule has 0 atom stereocenters. The number of nitrogens with zero attached hydrogens (tertiary/aromatic N) is 6. The summed E-state index contributed by atoms with van der Waals surface area (Å²) in [4.78, 5) is 25.2. The van der Waals surface area contributed by atoms with E-state index in [4.69, 9.17) is 0 Å². The van der Waals surface area contributed by atoms with Crippen molar-refractivity contribution in [3.63, 3.8) is 0 Å². The highest BCUT2D eigenvalue weighted by molar-refractivity contribution is 7.16. The van der Waals surface area contributed by atoms with Crippen LogP contribution in [0.5, 0.6) is 0 Å². The predicted octanol–water partition coefficient (Wildman–Crippen LogP) is 4.28. The molecular formula is C24H25N7OS. The van der Waals surface area contributed by atoms with Crippen molar-refractivity contribution in [1.82, 2.24) is 24.7 Å². The van der Waals surface area contributed by atoms with Gasteiger partial charge in [0.1, 0.15) is 18.0 Å². The maximum atomic E-state index is 12.8. The van der Waals surface area contributed by atoms with E-state index < -0.39 is 0 Å². The van der Waals surface area contributed by atoms with Crippen molar-refractivity contribution in [3.05, 3.63) is 71.3 Å². The number of benzene rings is 1. The second-order valence-electron chi connectivity index (χ2n) is 8.21. The van der Waals surface area contributed by atoms with Gasteiger partial charge in [0.25, 0.3) is 5.91 Å². The number of pyridine rings is 1. The van der Waals surface area contributed by atoms with Gasteiger partial charge in [0.05, 0.1) is 11.3 Å². The molecule has 9 heteroatoms. The summed E-state index contributed by atoms with van der Waals surface area (Å²) >= 11 is 1.48. The molecule has 1 fully saturated rings. The Balaban J connectivity index is 1.21. The maximum Gasteiger partial charge on any atom is 0.259 e. The number of amides is 1. The molecule has 0 saturated carbocycles. The fourth-order valence-corrected chi connectivity index (χ4v) is 5.05. The first-order chi connectivity index (χ1) is 16.1. The second kappa shape index (κ2) is 9.11. The number of hydrogen-bond acceptors (Lipinski definition) is 7. The van der Waals surface area contributed by atoms with Gasteiger partial charge in [0.15, 0.2) is 5.13 Å². The van der Waals surface area contributed by atoms with Crippen molar-refractivity contribution in [2.24, 2.45) is 7.05 Å². The topological polar surface area (TPSA) is 88.8 Å². The zero-order valence-corrected chi connectivity index (χ0v) is 19.4. The van der Waals surface area contributed by atoms with Gasteiger partial charge in [0, 0.05) is 42.7 Å². The predicted molar refractivity (Wildman–Crippen MR) is 130 cm³/mol. The number of aromatic nitrogens is 5. The van der Waals surface area contributed by atoms with Gasteiger partial charge >= 0.3 is 0 Å². The van der Waals surface area contributed by atoms with Crippen LogP contribution in [0.1, 0.15) is 39.8 Å². The number of carbonyl (C=O) groups excluding carboxylic acids is 1. The van der Waals surface area contributed by atoms with E-state index in [9.17, 15) is 4.79 Å². The lowest BCUT2D eigenvalue weighted by Crippen LogP contribution is -2.34. The quantitative estimate of drug-likeness (QED) is 0.479. The van der Waals surface area contributed by atoms with Crippen LogP contribution in [0.2, 0.25) is 0 Å². The highest BCUT2D eigenvalue weighted by Crippen LogP contribution is 2.31. The lowest BCUT2D eigenvalue weighted by atomic mass is 9.96. The summed E-state index contributed by atoms with van der Waals surface area (Å²) in [6, 6.07) is 13.7. The minimum Gasteiger partial charge on any atom is -0.357 e. The van der Waals surface area contributed by atoms with Crippen LogP contribution in [0.15, 0.2) is 55.0 Å². The zero-order valence-electron chi connectivity index (χ0n) is 18.6. The summed E-state index contributed by atoms with van der Waals surface area (Å²) in [5.74, 6) is 2.15. The molecule has 5 rings (SSSR count).